The lowest BCUT2D eigenvalue weighted by atomic mass is 10.1. The molecule has 0 amide bonds. The van der Waals surface area contributed by atoms with Crippen molar-refractivity contribution < 1.29 is 14.3 Å². The maximum absolute atomic E-state index is 9.94. The summed E-state index contributed by atoms with van der Waals surface area (Å²) in [7, 11) is 0. The first kappa shape index (κ1) is 9.74. The molecule has 1 aliphatic heterocycles. The van der Waals surface area contributed by atoms with Gasteiger partial charge in [-0.2, -0.15) is 0 Å². The van der Waals surface area contributed by atoms with E-state index in [0.29, 0.717) is 26.2 Å². The van der Waals surface area contributed by atoms with Gasteiger partial charge in [-0.1, -0.05) is 12.1 Å². The van der Waals surface area contributed by atoms with E-state index in [9.17, 15) is 4.79 Å². The van der Waals surface area contributed by atoms with Gasteiger partial charge in [-0.3, -0.25) is 0 Å². The summed E-state index contributed by atoms with van der Waals surface area (Å²) < 4.78 is 11.0. The molecule has 0 fully saturated rings. The summed E-state index contributed by atoms with van der Waals surface area (Å²) >= 11 is 0. The summed E-state index contributed by atoms with van der Waals surface area (Å²) in [6, 6.07) is 5.74. The van der Waals surface area contributed by atoms with E-state index in [1.54, 1.807) is 0 Å². The van der Waals surface area contributed by atoms with Crippen LogP contribution in [0.1, 0.15) is 5.56 Å². The van der Waals surface area contributed by atoms with E-state index in [2.05, 4.69) is 4.99 Å². The molecule has 0 bridgehead atoms. The lowest BCUT2D eigenvalue weighted by molar-refractivity contribution is 0.170. The Morgan fingerprint density at radius 1 is 1.33 bits per heavy atom. The molecule has 1 aromatic rings. The highest BCUT2D eigenvalue weighted by atomic mass is 16.6. The first-order valence-electron chi connectivity index (χ1n) is 4.83. The topological polar surface area (TPSA) is 47.9 Å². The Labute approximate surface area is 87.5 Å². The molecule has 2 rings (SSSR count). The average molecular weight is 205 g/mol. The van der Waals surface area contributed by atoms with Crippen LogP contribution in [0.4, 0.5) is 0 Å². The Morgan fingerprint density at radius 3 is 3.07 bits per heavy atom. The molecule has 0 N–H and O–H groups in total. The van der Waals surface area contributed by atoms with Gasteiger partial charge in [0.25, 0.3) is 0 Å². The summed E-state index contributed by atoms with van der Waals surface area (Å²) in [5.41, 5.74) is 1.02. The predicted molar refractivity (Wildman–Crippen MR) is 54.1 cm³/mol. The van der Waals surface area contributed by atoms with Crippen LogP contribution in [-0.2, 0) is 11.2 Å². The molecule has 0 atom stereocenters. The van der Waals surface area contributed by atoms with Crippen molar-refractivity contribution in [2.45, 2.75) is 6.42 Å². The van der Waals surface area contributed by atoms with E-state index in [-0.39, 0.29) is 0 Å². The van der Waals surface area contributed by atoms with E-state index in [1.807, 2.05) is 18.2 Å². The maximum atomic E-state index is 9.94. The number of carbonyl (C=O) groups excluding carboxylic acids is 1. The van der Waals surface area contributed by atoms with Crippen molar-refractivity contribution in [3.05, 3.63) is 23.8 Å². The Hall–Kier alpha value is -1.80. The van der Waals surface area contributed by atoms with Gasteiger partial charge in [0.1, 0.15) is 13.2 Å². The molecule has 0 aromatic heterocycles. The lowest BCUT2D eigenvalue weighted by Gasteiger charge is -2.20. The Kier molecular flexibility index (Phi) is 3.00. The van der Waals surface area contributed by atoms with Gasteiger partial charge in [0.15, 0.2) is 11.5 Å². The van der Waals surface area contributed by atoms with E-state index in [0.717, 1.165) is 17.1 Å². The zero-order valence-corrected chi connectivity index (χ0v) is 8.23. The molecule has 0 radical (unpaired) electrons. The van der Waals surface area contributed by atoms with Crippen LogP contribution < -0.4 is 9.47 Å². The smallest absolute Gasteiger partial charge is 0.234 e. The molecule has 0 aliphatic carbocycles. The molecular formula is C11H11NO3. The molecule has 1 aromatic carbocycles. The molecule has 0 unspecified atom stereocenters. The minimum absolute atomic E-state index is 0.434. The Morgan fingerprint density at radius 2 is 2.20 bits per heavy atom. The van der Waals surface area contributed by atoms with Gasteiger partial charge in [-0.25, -0.2) is 9.79 Å². The Bertz CT molecular complexity index is 397. The van der Waals surface area contributed by atoms with Crippen molar-refractivity contribution in [2.24, 2.45) is 4.99 Å². The highest BCUT2D eigenvalue weighted by molar-refractivity contribution is 5.47. The van der Waals surface area contributed by atoms with Crippen molar-refractivity contribution in [3.8, 4) is 11.5 Å². The van der Waals surface area contributed by atoms with Gasteiger partial charge in [0.2, 0.25) is 6.08 Å². The monoisotopic (exact) mass is 205 g/mol. The van der Waals surface area contributed by atoms with Gasteiger partial charge in [0, 0.05) is 0 Å². The zero-order valence-electron chi connectivity index (χ0n) is 8.23. The van der Waals surface area contributed by atoms with Gasteiger partial charge < -0.3 is 9.47 Å². The molecule has 4 heteroatoms. The molecule has 4 nitrogen and oxygen atoms in total. The average Bonchev–Trinajstić information content (AvgIpc) is 2.30. The quantitative estimate of drug-likeness (QED) is 0.552. The van der Waals surface area contributed by atoms with Crippen LogP contribution >= 0.6 is 0 Å². The van der Waals surface area contributed by atoms with Crippen LogP contribution in [0, 0.1) is 0 Å². The van der Waals surface area contributed by atoms with E-state index in [4.69, 9.17) is 9.47 Å². The summed E-state index contributed by atoms with van der Waals surface area (Å²) in [5.74, 6) is 1.55. The van der Waals surface area contributed by atoms with Gasteiger partial charge in [0.05, 0.1) is 6.54 Å². The minimum atomic E-state index is 0.434. The summed E-state index contributed by atoms with van der Waals surface area (Å²) in [4.78, 5) is 13.5. The number of hydrogen-bond acceptors (Lipinski definition) is 4. The first-order valence-corrected chi connectivity index (χ1v) is 4.83. The van der Waals surface area contributed by atoms with Crippen LogP contribution in [0.5, 0.6) is 11.5 Å². The number of para-hydroxylation sites is 1. The highest BCUT2D eigenvalue weighted by Crippen LogP contribution is 2.33. The molecule has 0 saturated heterocycles. The first-order chi connectivity index (χ1) is 7.42. The number of fused-ring (bicyclic) bond motifs is 1. The number of hydrogen-bond donors (Lipinski definition) is 0. The summed E-state index contributed by atoms with van der Waals surface area (Å²) in [6.07, 6.45) is 2.19. The fourth-order valence-corrected chi connectivity index (χ4v) is 1.55. The largest absolute Gasteiger partial charge is 0.486 e. The van der Waals surface area contributed by atoms with Crippen molar-refractivity contribution in [1.29, 1.82) is 0 Å². The summed E-state index contributed by atoms with van der Waals surface area (Å²) in [6.45, 7) is 1.59. The fraction of sp³-hybridized carbons (Fsp3) is 0.364. The SMILES string of the molecule is O=C=NCCc1cccc2c1OCCO2. The lowest BCUT2D eigenvalue weighted by Crippen LogP contribution is -2.16. The van der Waals surface area contributed by atoms with Crippen LogP contribution in [0.2, 0.25) is 0 Å². The second-order valence-corrected chi connectivity index (χ2v) is 3.16. The third-order valence-electron chi connectivity index (χ3n) is 2.21. The number of aliphatic imine (C=N–C) groups is 1. The van der Waals surface area contributed by atoms with Gasteiger partial charge in [-0.15, -0.1) is 0 Å². The summed E-state index contributed by atoms with van der Waals surface area (Å²) in [5, 5.41) is 0. The zero-order chi connectivity index (χ0) is 10.5. The van der Waals surface area contributed by atoms with Crippen LogP contribution in [0.25, 0.3) is 0 Å². The van der Waals surface area contributed by atoms with Crippen LogP contribution in [0.15, 0.2) is 23.2 Å². The number of benzene rings is 1. The molecular weight excluding hydrogens is 194 g/mol. The minimum Gasteiger partial charge on any atom is -0.486 e. The molecule has 15 heavy (non-hydrogen) atoms. The molecule has 78 valence electrons. The highest BCUT2D eigenvalue weighted by Gasteiger charge is 2.14. The van der Waals surface area contributed by atoms with Crippen molar-refractivity contribution >= 4 is 6.08 Å². The predicted octanol–water partition coefficient (Wildman–Crippen LogP) is 1.34. The normalized spacial score (nSPS) is 13.1. The number of ether oxygens (including phenoxy) is 2. The maximum Gasteiger partial charge on any atom is 0.234 e. The van der Waals surface area contributed by atoms with Crippen LogP contribution in [-0.4, -0.2) is 25.8 Å². The van der Waals surface area contributed by atoms with Gasteiger partial charge >= 0.3 is 0 Å². The standard InChI is InChI=1S/C11H11NO3/c13-8-12-5-4-9-2-1-3-10-11(9)15-7-6-14-10/h1-3H,4-7H2. The fourth-order valence-electron chi connectivity index (χ4n) is 1.55. The third kappa shape index (κ3) is 2.17. The van der Waals surface area contributed by atoms with Crippen LogP contribution in [0.3, 0.4) is 0 Å². The van der Waals surface area contributed by atoms with Gasteiger partial charge in [-0.05, 0) is 18.1 Å². The second kappa shape index (κ2) is 4.62. The number of isocyanates is 1. The Balaban J connectivity index is 2.19. The van der Waals surface area contributed by atoms with E-state index in [1.165, 1.54) is 6.08 Å². The molecule has 1 heterocycles. The van der Waals surface area contributed by atoms with Crippen molar-refractivity contribution in [1.82, 2.24) is 0 Å². The molecule has 1 aliphatic rings. The molecule has 0 spiro atoms. The van der Waals surface area contributed by atoms with Crippen molar-refractivity contribution in [3.63, 3.8) is 0 Å². The van der Waals surface area contributed by atoms with E-state index < -0.39 is 0 Å². The van der Waals surface area contributed by atoms with Crippen molar-refractivity contribution in [2.75, 3.05) is 19.8 Å². The number of rotatable bonds is 3. The second-order valence-electron chi connectivity index (χ2n) is 3.16. The third-order valence-corrected chi connectivity index (χ3v) is 2.21. The van der Waals surface area contributed by atoms with E-state index >= 15 is 0 Å². The molecule has 0 saturated carbocycles. The number of nitrogens with zero attached hydrogens (tertiary/aromatic N) is 1.